The number of carboxylic acids is 1. The van der Waals surface area contributed by atoms with Crippen molar-refractivity contribution < 1.29 is 19.2 Å². The van der Waals surface area contributed by atoms with Gasteiger partial charge in [-0.2, -0.15) is 4.98 Å². The molecule has 1 aliphatic carbocycles. The van der Waals surface area contributed by atoms with E-state index in [1.165, 1.54) is 0 Å². The lowest BCUT2D eigenvalue weighted by Crippen LogP contribution is -2.38. The van der Waals surface area contributed by atoms with Crippen LogP contribution in [0.3, 0.4) is 0 Å². The smallest absolute Gasteiger partial charge is 0.306 e. The molecular formula is C21H27N3O4. The van der Waals surface area contributed by atoms with E-state index in [-0.39, 0.29) is 23.3 Å². The number of hydrogen-bond donors (Lipinski definition) is 2. The number of carbonyl (C=O) groups excluding carboxylic acids is 1. The lowest BCUT2D eigenvalue weighted by Gasteiger charge is -2.26. The lowest BCUT2D eigenvalue weighted by molar-refractivity contribution is -0.142. The Balaban J connectivity index is 1.65. The Kier molecular flexibility index (Phi) is 5.82. The largest absolute Gasteiger partial charge is 0.481 e. The molecule has 1 saturated carbocycles. The molecule has 7 nitrogen and oxygen atoms in total. The van der Waals surface area contributed by atoms with Gasteiger partial charge in [-0.3, -0.25) is 9.59 Å². The van der Waals surface area contributed by atoms with Crippen LogP contribution in [0.1, 0.15) is 62.7 Å². The molecule has 0 bridgehead atoms. The van der Waals surface area contributed by atoms with Crippen molar-refractivity contribution in [3.63, 3.8) is 0 Å². The summed E-state index contributed by atoms with van der Waals surface area (Å²) in [6.07, 6.45) is 3.24. The first kappa shape index (κ1) is 20.0. The van der Waals surface area contributed by atoms with Crippen LogP contribution in [0.2, 0.25) is 0 Å². The van der Waals surface area contributed by atoms with E-state index in [0.717, 1.165) is 5.56 Å². The van der Waals surface area contributed by atoms with Gasteiger partial charge in [0.25, 0.3) is 5.91 Å². The molecule has 0 radical (unpaired) electrons. The van der Waals surface area contributed by atoms with Crippen molar-refractivity contribution >= 4 is 11.9 Å². The minimum Gasteiger partial charge on any atom is -0.481 e. The lowest BCUT2D eigenvalue weighted by atomic mass is 9.86. The first-order valence-electron chi connectivity index (χ1n) is 9.68. The molecule has 1 heterocycles. The molecule has 0 atom stereocenters. The number of aromatic nitrogens is 2. The Morgan fingerprint density at radius 3 is 2.57 bits per heavy atom. The Morgan fingerprint density at radius 2 is 1.93 bits per heavy atom. The molecule has 150 valence electrons. The molecule has 0 unspecified atom stereocenters. The van der Waals surface area contributed by atoms with Crippen LogP contribution in [-0.4, -0.2) is 33.2 Å². The molecule has 28 heavy (non-hydrogen) atoms. The van der Waals surface area contributed by atoms with Gasteiger partial charge >= 0.3 is 5.97 Å². The quantitative estimate of drug-likeness (QED) is 0.813. The summed E-state index contributed by atoms with van der Waals surface area (Å²) in [7, 11) is 0. The summed E-state index contributed by atoms with van der Waals surface area (Å²) >= 11 is 0. The molecular weight excluding hydrogens is 358 g/mol. The second-order valence-corrected chi connectivity index (χ2v) is 8.69. The van der Waals surface area contributed by atoms with Crippen molar-refractivity contribution in [2.75, 3.05) is 0 Å². The van der Waals surface area contributed by atoms with Crippen LogP contribution in [0.5, 0.6) is 0 Å². The summed E-state index contributed by atoms with van der Waals surface area (Å²) in [4.78, 5) is 28.1. The fraction of sp³-hybridized carbons (Fsp3) is 0.524. The van der Waals surface area contributed by atoms with Crippen LogP contribution in [0.15, 0.2) is 28.8 Å². The Hall–Kier alpha value is -2.70. The maximum Gasteiger partial charge on any atom is 0.306 e. The third-order valence-electron chi connectivity index (χ3n) is 4.94. The predicted octanol–water partition coefficient (Wildman–Crippen LogP) is 3.70. The SMILES string of the molecule is CC(C)(C)Cc1nc(-c2cccc(C(=O)NC3CCC(C(=O)O)CC3)c2)no1. The third kappa shape index (κ3) is 5.18. The van der Waals surface area contributed by atoms with E-state index in [4.69, 9.17) is 9.63 Å². The van der Waals surface area contributed by atoms with Crippen LogP contribution < -0.4 is 5.32 Å². The summed E-state index contributed by atoms with van der Waals surface area (Å²) in [5, 5.41) is 16.1. The zero-order valence-electron chi connectivity index (χ0n) is 16.6. The highest BCUT2D eigenvalue weighted by Crippen LogP contribution is 2.25. The van der Waals surface area contributed by atoms with Crippen molar-refractivity contribution in [2.24, 2.45) is 11.3 Å². The summed E-state index contributed by atoms with van der Waals surface area (Å²) in [5.74, 6) is -0.164. The molecule has 2 N–H and O–H groups in total. The number of carboxylic acid groups (broad SMARTS) is 1. The predicted molar refractivity (Wildman–Crippen MR) is 104 cm³/mol. The molecule has 1 aliphatic rings. The first-order valence-corrected chi connectivity index (χ1v) is 9.68. The second kappa shape index (κ2) is 8.12. The van der Waals surface area contributed by atoms with Gasteiger partial charge in [0.15, 0.2) is 0 Å². The van der Waals surface area contributed by atoms with Crippen molar-refractivity contribution in [1.29, 1.82) is 0 Å². The number of benzene rings is 1. The van der Waals surface area contributed by atoms with Gasteiger partial charge in [-0.1, -0.05) is 38.1 Å². The zero-order chi connectivity index (χ0) is 20.3. The molecule has 0 spiro atoms. The molecule has 0 aliphatic heterocycles. The number of hydrogen-bond acceptors (Lipinski definition) is 5. The molecule has 1 amide bonds. The van der Waals surface area contributed by atoms with E-state index in [1.807, 2.05) is 6.07 Å². The van der Waals surface area contributed by atoms with Crippen molar-refractivity contribution in [1.82, 2.24) is 15.5 Å². The summed E-state index contributed by atoms with van der Waals surface area (Å²) in [6, 6.07) is 7.16. The number of rotatable bonds is 5. The minimum absolute atomic E-state index is 0.00956. The van der Waals surface area contributed by atoms with Gasteiger partial charge in [0, 0.05) is 23.6 Å². The first-order chi connectivity index (χ1) is 13.2. The van der Waals surface area contributed by atoms with Crippen molar-refractivity contribution in [3.05, 3.63) is 35.7 Å². The molecule has 3 rings (SSSR count). The highest BCUT2D eigenvalue weighted by Gasteiger charge is 2.27. The fourth-order valence-corrected chi connectivity index (χ4v) is 3.45. The second-order valence-electron chi connectivity index (χ2n) is 8.69. The standard InChI is InChI=1S/C21H27N3O4/c1-21(2,3)12-17-23-18(24-28-17)14-5-4-6-15(11-14)19(25)22-16-9-7-13(8-10-16)20(26)27/h4-6,11,13,16H,7-10,12H2,1-3H3,(H,22,25)(H,26,27). The highest BCUT2D eigenvalue weighted by molar-refractivity contribution is 5.95. The molecule has 2 aromatic rings. The third-order valence-corrected chi connectivity index (χ3v) is 4.94. The summed E-state index contributed by atoms with van der Waals surface area (Å²) < 4.78 is 5.34. The normalized spacial score (nSPS) is 20.0. The number of amides is 1. The Labute approximate surface area is 164 Å². The summed E-state index contributed by atoms with van der Waals surface area (Å²) in [6.45, 7) is 6.31. The number of aliphatic carboxylic acids is 1. The van der Waals surface area contributed by atoms with Crippen LogP contribution in [0.4, 0.5) is 0 Å². The minimum atomic E-state index is -0.747. The average molecular weight is 385 g/mol. The van der Waals surface area contributed by atoms with Gasteiger partial charge in [0.2, 0.25) is 11.7 Å². The number of nitrogens with one attached hydrogen (secondary N) is 1. The van der Waals surface area contributed by atoms with E-state index in [9.17, 15) is 9.59 Å². The van der Waals surface area contributed by atoms with Gasteiger partial charge in [-0.05, 0) is 43.2 Å². The molecule has 1 aromatic carbocycles. The van der Waals surface area contributed by atoms with Crippen LogP contribution in [0.25, 0.3) is 11.4 Å². The maximum absolute atomic E-state index is 12.6. The van der Waals surface area contributed by atoms with Gasteiger partial charge < -0.3 is 14.9 Å². The molecule has 7 heteroatoms. The van der Waals surface area contributed by atoms with E-state index in [2.05, 4.69) is 36.2 Å². The number of carbonyl (C=O) groups is 2. The van der Waals surface area contributed by atoms with Crippen LogP contribution >= 0.6 is 0 Å². The van der Waals surface area contributed by atoms with Gasteiger partial charge in [0.05, 0.1) is 5.92 Å². The van der Waals surface area contributed by atoms with Gasteiger partial charge in [-0.25, -0.2) is 0 Å². The Bertz CT molecular complexity index is 845. The topological polar surface area (TPSA) is 105 Å². The fourth-order valence-electron chi connectivity index (χ4n) is 3.45. The van der Waals surface area contributed by atoms with Gasteiger partial charge in [-0.15, -0.1) is 0 Å². The van der Waals surface area contributed by atoms with Crippen molar-refractivity contribution in [3.8, 4) is 11.4 Å². The monoisotopic (exact) mass is 385 g/mol. The van der Waals surface area contributed by atoms with E-state index in [1.54, 1.807) is 18.2 Å². The van der Waals surface area contributed by atoms with Gasteiger partial charge in [0.1, 0.15) is 0 Å². The maximum atomic E-state index is 12.6. The van der Waals surface area contributed by atoms with Crippen molar-refractivity contribution in [2.45, 2.75) is 58.9 Å². The zero-order valence-corrected chi connectivity index (χ0v) is 16.6. The highest BCUT2D eigenvalue weighted by atomic mass is 16.5. The van der Waals surface area contributed by atoms with Crippen LogP contribution in [0, 0.1) is 11.3 Å². The Morgan fingerprint density at radius 1 is 1.21 bits per heavy atom. The average Bonchev–Trinajstić information content (AvgIpc) is 3.09. The van der Waals surface area contributed by atoms with E-state index in [0.29, 0.717) is 49.4 Å². The van der Waals surface area contributed by atoms with Crippen LogP contribution in [-0.2, 0) is 11.2 Å². The summed E-state index contributed by atoms with van der Waals surface area (Å²) in [5.41, 5.74) is 1.30. The molecule has 1 fully saturated rings. The molecule has 0 saturated heterocycles. The van der Waals surface area contributed by atoms with E-state index < -0.39 is 5.97 Å². The number of nitrogens with zero attached hydrogens (tertiary/aromatic N) is 2. The molecule has 1 aromatic heterocycles. The van der Waals surface area contributed by atoms with E-state index >= 15 is 0 Å².